The standard InChI is InChI=1S/C13H17IN4S/c1-4-5-10-12(14)13(15-3)18-11(17-10)6-9-7-19-8(2)16-9/h7H,4-6H2,1-3H3,(H,15,17,18). The fourth-order valence-corrected chi connectivity index (χ4v) is 3.24. The first-order valence-electron chi connectivity index (χ1n) is 6.28. The van der Waals surface area contributed by atoms with E-state index in [1.807, 2.05) is 14.0 Å². The molecule has 0 saturated heterocycles. The number of thiazole rings is 1. The van der Waals surface area contributed by atoms with Crippen LogP contribution < -0.4 is 5.32 Å². The second-order valence-electron chi connectivity index (χ2n) is 4.28. The number of nitrogens with one attached hydrogen (secondary N) is 1. The van der Waals surface area contributed by atoms with Crippen LogP contribution in [0.1, 0.15) is 35.6 Å². The SMILES string of the molecule is CCCc1nc(Cc2csc(C)n2)nc(NC)c1I. The van der Waals surface area contributed by atoms with Gasteiger partial charge in [-0.25, -0.2) is 15.0 Å². The van der Waals surface area contributed by atoms with Crippen molar-refractivity contribution < 1.29 is 0 Å². The molecule has 2 aromatic rings. The topological polar surface area (TPSA) is 50.7 Å². The van der Waals surface area contributed by atoms with E-state index in [4.69, 9.17) is 0 Å². The van der Waals surface area contributed by atoms with Crippen LogP contribution in [0.4, 0.5) is 5.82 Å². The zero-order valence-electron chi connectivity index (χ0n) is 11.3. The highest BCUT2D eigenvalue weighted by Gasteiger charge is 2.12. The Bertz CT molecular complexity index is 568. The van der Waals surface area contributed by atoms with Gasteiger partial charge in [0.1, 0.15) is 11.6 Å². The van der Waals surface area contributed by atoms with Gasteiger partial charge in [-0.05, 0) is 35.9 Å². The monoisotopic (exact) mass is 388 g/mol. The van der Waals surface area contributed by atoms with Gasteiger partial charge in [-0.15, -0.1) is 11.3 Å². The summed E-state index contributed by atoms with van der Waals surface area (Å²) in [6.45, 7) is 4.19. The van der Waals surface area contributed by atoms with E-state index in [-0.39, 0.29) is 0 Å². The molecular formula is C13H17IN4S. The van der Waals surface area contributed by atoms with Crippen LogP contribution in [0.5, 0.6) is 0 Å². The molecule has 0 unspecified atom stereocenters. The first kappa shape index (κ1) is 14.6. The van der Waals surface area contributed by atoms with Crippen LogP contribution >= 0.6 is 33.9 Å². The summed E-state index contributed by atoms with van der Waals surface area (Å²) in [5.74, 6) is 1.76. The van der Waals surface area contributed by atoms with Gasteiger partial charge >= 0.3 is 0 Å². The molecule has 2 aromatic heterocycles. The summed E-state index contributed by atoms with van der Waals surface area (Å²) in [5.41, 5.74) is 2.18. The van der Waals surface area contributed by atoms with E-state index >= 15 is 0 Å². The van der Waals surface area contributed by atoms with Crippen molar-refractivity contribution in [2.75, 3.05) is 12.4 Å². The van der Waals surface area contributed by atoms with Crippen LogP contribution in [-0.2, 0) is 12.8 Å². The average molecular weight is 388 g/mol. The van der Waals surface area contributed by atoms with Gasteiger partial charge in [0.25, 0.3) is 0 Å². The van der Waals surface area contributed by atoms with Gasteiger partial charge in [0.05, 0.1) is 26.4 Å². The lowest BCUT2D eigenvalue weighted by Gasteiger charge is -2.10. The molecule has 0 aliphatic heterocycles. The minimum atomic E-state index is 0.701. The maximum atomic E-state index is 4.68. The second-order valence-corrected chi connectivity index (χ2v) is 6.42. The third kappa shape index (κ3) is 3.62. The molecular weight excluding hydrogens is 371 g/mol. The van der Waals surface area contributed by atoms with E-state index in [0.717, 1.165) is 44.4 Å². The highest BCUT2D eigenvalue weighted by atomic mass is 127. The molecule has 0 amide bonds. The second kappa shape index (κ2) is 6.60. The number of rotatable bonds is 5. The molecule has 0 bridgehead atoms. The molecule has 19 heavy (non-hydrogen) atoms. The Kier molecular flexibility index (Phi) is 5.09. The summed E-state index contributed by atoms with van der Waals surface area (Å²) < 4.78 is 1.13. The largest absolute Gasteiger partial charge is 0.372 e. The number of aromatic nitrogens is 3. The molecule has 0 aliphatic carbocycles. The summed E-state index contributed by atoms with van der Waals surface area (Å²) in [4.78, 5) is 13.7. The van der Waals surface area contributed by atoms with Gasteiger partial charge < -0.3 is 5.32 Å². The lowest BCUT2D eigenvalue weighted by atomic mass is 10.2. The Labute approximate surface area is 131 Å². The lowest BCUT2D eigenvalue weighted by Crippen LogP contribution is -2.08. The van der Waals surface area contributed by atoms with Crippen molar-refractivity contribution in [2.45, 2.75) is 33.1 Å². The van der Waals surface area contributed by atoms with Crippen molar-refractivity contribution in [3.8, 4) is 0 Å². The van der Waals surface area contributed by atoms with Crippen molar-refractivity contribution in [1.82, 2.24) is 15.0 Å². The van der Waals surface area contributed by atoms with E-state index in [0.29, 0.717) is 6.42 Å². The van der Waals surface area contributed by atoms with Crippen LogP contribution in [0.15, 0.2) is 5.38 Å². The van der Waals surface area contributed by atoms with Crippen LogP contribution in [0.3, 0.4) is 0 Å². The van der Waals surface area contributed by atoms with Crippen molar-refractivity contribution in [3.05, 3.63) is 31.2 Å². The predicted octanol–water partition coefficient (Wildman–Crippen LogP) is 3.43. The normalized spacial score (nSPS) is 10.7. The van der Waals surface area contributed by atoms with E-state index in [9.17, 15) is 0 Å². The van der Waals surface area contributed by atoms with Crippen LogP contribution in [0.25, 0.3) is 0 Å². The Morgan fingerprint density at radius 3 is 2.68 bits per heavy atom. The molecule has 102 valence electrons. The first-order chi connectivity index (χ1) is 9.13. The smallest absolute Gasteiger partial charge is 0.143 e. The molecule has 0 radical (unpaired) electrons. The molecule has 4 nitrogen and oxygen atoms in total. The van der Waals surface area contributed by atoms with Gasteiger partial charge in [0.2, 0.25) is 0 Å². The molecule has 0 aromatic carbocycles. The Hall–Kier alpha value is -0.760. The molecule has 0 spiro atoms. The fraction of sp³-hybridized carbons (Fsp3) is 0.462. The van der Waals surface area contributed by atoms with Gasteiger partial charge in [-0.2, -0.15) is 0 Å². The molecule has 0 fully saturated rings. The van der Waals surface area contributed by atoms with Crippen molar-refractivity contribution in [3.63, 3.8) is 0 Å². The zero-order chi connectivity index (χ0) is 13.8. The highest BCUT2D eigenvalue weighted by Crippen LogP contribution is 2.21. The maximum Gasteiger partial charge on any atom is 0.143 e. The number of nitrogens with zero attached hydrogens (tertiary/aromatic N) is 3. The third-order valence-electron chi connectivity index (χ3n) is 2.70. The van der Waals surface area contributed by atoms with Crippen molar-refractivity contribution in [1.29, 1.82) is 0 Å². The first-order valence-corrected chi connectivity index (χ1v) is 8.24. The molecule has 2 rings (SSSR count). The zero-order valence-corrected chi connectivity index (χ0v) is 14.3. The van der Waals surface area contributed by atoms with E-state index in [1.165, 1.54) is 0 Å². The fourth-order valence-electron chi connectivity index (χ4n) is 1.84. The molecule has 0 atom stereocenters. The number of hydrogen-bond donors (Lipinski definition) is 1. The Balaban J connectivity index is 2.31. The molecule has 6 heteroatoms. The van der Waals surface area contributed by atoms with Crippen LogP contribution in [-0.4, -0.2) is 22.0 Å². The minimum Gasteiger partial charge on any atom is -0.372 e. The summed E-state index contributed by atoms with van der Waals surface area (Å²) in [6, 6.07) is 0. The van der Waals surface area contributed by atoms with Gasteiger partial charge in [-0.1, -0.05) is 13.3 Å². The van der Waals surface area contributed by atoms with Gasteiger partial charge in [0, 0.05) is 12.4 Å². The number of aryl methyl sites for hydroxylation is 2. The summed E-state index contributed by atoms with van der Waals surface area (Å²) >= 11 is 3.98. The van der Waals surface area contributed by atoms with Crippen molar-refractivity contribution in [2.24, 2.45) is 0 Å². The lowest BCUT2D eigenvalue weighted by molar-refractivity contribution is 0.830. The number of hydrogen-bond acceptors (Lipinski definition) is 5. The van der Waals surface area contributed by atoms with E-state index in [1.54, 1.807) is 11.3 Å². The average Bonchev–Trinajstić information content (AvgIpc) is 2.79. The van der Waals surface area contributed by atoms with Gasteiger partial charge in [0.15, 0.2) is 0 Å². The molecule has 2 heterocycles. The molecule has 0 aliphatic rings. The molecule has 1 N–H and O–H groups in total. The van der Waals surface area contributed by atoms with Crippen LogP contribution in [0.2, 0.25) is 0 Å². The van der Waals surface area contributed by atoms with Gasteiger partial charge in [-0.3, -0.25) is 0 Å². The minimum absolute atomic E-state index is 0.701. The highest BCUT2D eigenvalue weighted by molar-refractivity contribution is 14.1. The van der Waals surface area contributed by atoms with E-state index in [2.05, 4.69) is 55.2 Å². The maximum absolute atomic E-state index is 4.68. The van der Waals surface area contributed by atoms with Crippen LogP contribution in [0, 0.1) is 10.5 Å². The Morgan fingerprint density at radius 2 is 2.11 bits per heavy atom. The summed E-state index contributed by atoms with van der Waals surface area (Å²) in [6.07, 6.45) is 2.77. The molecule has 0 saturated carbocycles. The number of halogens is 1. The van der Waals surface area contributed by atoms with E-state index < -0.39 is 0 Å². The number of anilines is 1. The van der Waals surface area contributed by atoms with Crippen molar-refractivity contribution >= 4 is 39.7 Å². The summed E-state index contributed by atoms with van der Waals surface area (Å²) in [5, 5.41) is 6.31. The third-order valence-corrected chi connectivity index (χ3v) is 4.65. The quantitative estimate of drug-likeness (QED) is 0.798. The Morgan fingerprint density at radius 1 is 1.32 bits per heavy atom. The summed E-state index contributed by atoms with van der Waals surface area (Å²) in [7, 11) is 1.90. The predicted molar refractivity (Wildman–Crippen MR) is 87.9 cm³/mol.